The Balaban J connectivity index is 1.28. The van der Waals surface area contributed by atoms with Crippen LogP contribution in [0.5, 0.6) is 5.75 Å². The van der Waals surface area contributed by atoms with Gasteiger partial charge in [0.05, 0.1) is 17.8 Å². The van der Waals surface area contributed by atoms with Gasteiger partial charge in [0.1, 0.15) is 5.75 Å². The van der Waals surface area contributed by atoms with E-state index in [1.165, 1.54) is 19.3 Å². The monoisotopic (exact) mass is 385 g/mol. The van der Waals surface area contributed by atoms with Crippen LogP contribution in [0.4, 0.5) is 0 Å². The fourth-order valence-corrected chi connectivity index (χ4v) is 4.60. The first kappa shape index (κ1) is 18.9. The minimum Gasteiger partial charge on any atom is -0.462 e. The molecule has 1 aliphatic carbocycles. The van der Waals surface area contributed by atoms with E-state index in [9.17, 15) is 0 Å². The summed E-state index contributed by atoms with van der Waals surface area (Å²) in [5.74, 6) is 0.502. The molecule has 1 spiro atoms. The molecule has 1 saturated carbocycles. The Labute approximate surface area is 168 Å². The van der Waals surface area contributed by atoms with Gasteiger partial charge in [0.15, 0.2) is 0 Å². The lowest BCUT2D eigenvalue weighted by molar-refractivity contribution is -0.231. The average Bonchev–Trinajstić information content (AvgIpc) is 2.83. The maximum atomic E-state index is 6.41. The molecule has 4 aliphatic rings. The Bertz CT molecular complexity index is 737. The van der Waals surface area contributed by atoms with Gasteiger partial charge in [0.2, 0.25) is 5.79 Å². The number of likely N-dealkylation sites (tertiary alicyclic amines) is 1. The SMILES string of the molecule is CC1(C)OB(c2ccc3c(c2)COC2(CCN(C4CCC4)CC2)O3)OC1(C)C. The Hall–Kier alpha value is -1.08. The van der Waals surface area contributed by atoms with Crippen molar-refractivity contribution in [2.75, 3.05) is 13.1 Å². The second-order valence-corrected chi connectivity index (χ2v) is 9.88. The second-order valence-electron chi connectivity index (χ2n) is 9.88. The molecule has 2 saturated heterocycles. The zero-order chi connectivity index (χ0) is 19.6. The Morgan fingerprint density at radius 2 is 1.68 bits per heavy atom. The first-order valence-corrected chi connectivity index (χ1v) is 10.8. The quantitative estimate of drug-likeness (QED) is 0.731. The van der Waals surface area contributed by atoms with Gasteiger partial charge in [-0.25, -0.2) is 0 Å². The summed E-state index contributed by atoms with van der Waals surface area (Å²) in [6.07, 6.45) is 6.00. The van der Waals surface area contributed by atoms with Crippen molar-refractivity contribution in [1.82, 2.24) is 4.90 Å². The van der Waals surface area contributed by atoms with Crippen molar-refractivity contribution >= 4 is 12.6 Å². The van der Waals surface area contributed by atoms with Gasteiger partial charge in [-0.05, 0) is 52.1 Å². The van der Waals surface area contributed by atoms with Gasteiger partial charge in [-0.2, -0.15) is 0 Å². The number of rotatable bonds is 2. The molecule has 0 amide bonds. The lowest BCUT2D eigenvalue weighted by atomic mass is 9.78. The molecule has 3 fully saturated rings. The fraction of sp³-hybridized carbons (Fsp3) is 0.727. The van der Waals surface area contributed by atoms with Crippen LogP contribution >= 0.6 is 0 Å². The molecular weight excluding hydrogens is 353 g/mol. The van der Waals surface area contributed by atoms with E-state index < -0.39 is 5.79 Å². The lowest BCUT2D eigenvalue weighted by Crippen LogP contribution is -2.54. The number of hydrogen-bond donors (Lipinski definition) is 0. The molecule has 0 atom stereocenters. The van der Waals surface area contributed by atoms with Crippen molar-refractivity contribution in [3.63, 3.8) is 0 Å². The molecule has 0 radical (unpaired) electrons. The maximum absolute atomic E-state index is 6.41. The van der Waals surface area contributed by atoms with Crippen LogP contribution in [-0.2, 0) is 20.7 Å². The van der Waals surface area contributed by atoms with Gasteiger partial charge >= 0.3 is 7.12 Å². The molecule has 0 bridgehead atoms. The van der Waals surface area contributed by atoms with Crippen molar-refractivity contribution in [3.05, 3.63) is 23.8 Å². The predicted octanol–water partition coefficient (Wildman–Crippen LogP) is 3.24. The first-order chi connectivity index (χ1) is 13.3. The van der Waals surface area contributed by atoms with Crippen molar-refractivity contribution < 1.29 is 18.8 Å². The highest BCUT2D eigenvalue weighted by Crippen LogP contribution is 2.40. The highest BCUT2D eigenvalue weighted by molar-refractivity contribution is 6.62. The van der Waals surface area contributed by atoms with Crippen LogP contribution in [0.3, 0.4) is 0 Å². The predicted molar refractivity (Wildman–Crippen MR) is 109 cm³/mol. The zero-order valence-corrected chi connectivity index (χ0v) is 17.6. The number of fused-ring (bicyclic) bond motifs is 1. The van der Waals surface area contributed by atoms with Crippen LogP contribution < -0.4 is 10.2 Å². The summed E-state index contributed by atoms with van der Waals surface area (Å²) < 4.78 is 25.1. The topological polar surface area (TPSA) is 40.2 Å². The number of piperidine rings is 1. The lowest BCUT2D eigenvalue weighted by Gasteiger charge is -2.47. The van der Waals surface area contributed by atoms with Crippen molar-refractivity contribution in [1.29, 1.82) is 0 Å². The van der Waals surface area contributed by atoms with Crippen molar-refractivity contribution in [2.45, 2.75) is 89.4 Å². The molecule has 5 nitrogen and oxygen atoms in total. The second kappa shape index (κ2) is 6.46. The summed E-state index contributed by atoms with van der Waals surface area (Å²) in [7, 11) is -0.350. The molecule has 152 valence electrons. The summed E-state index contributed by atoms with van der Waals surface area (Å²) in [6.45, 7) is 11.1. The normalized spacial score (nSPS) is 28.6. The first-order valence-electron chi connectivity index (χ1n) is 10.8. The average molecular weight is 385 g/mol. The Morgan fingerprint density at radius 3 is 2.29 bits per heavy atom. The van der Waals surface area contributed by atoms with E-state index in [0.717, 1.165) is 48.7 Å². The van der Waals surface area contributed by atoms with Crippen LogP contribution in [0.2, 0.25) is 0 Å². The Kier molecular flexibility index (Phi) is 4.37. The smallest absolute Gasteiger partial charge is 0.462 e. The minimum atomic E-state index is -0.445. The van der Waals surface area contributed by atoms with Crippen molar-refractivity contribution in [2.24, 2.45) is 0 Å². The third-order valence-corrected chi connectivity index (χ3v) is 7.55. The molecule has 3 heterocycles. The molecule has 0 N–H and O–H groups in total. The summed E-state index contributed by atoms with van der Waals surface area (Å²) in [6, 6.07) is 7.06. The third-order valence-electron chi connectivity index (χ3n) is 7.55. The summed E-state index contributed by atoms with van der Waals surface area (Å²) in [5, 5.41) is 0. The third kappa shape index (κ3) is 3.09. The van der Waals surface area contributed by atoms with Crippen LogP contribution in [-0.4, -0.2) is 48.1 Å². The van der Waals surface area contributed by atoms with Gasteiger partial charge in [-0.15, -0.1) is 0 Å². The van der Waals surface area contributed by atoms with E-state index in [1.807, 2.05) is 0 Å². The van der Waals surface area contributed by atoms with Crippen molar-refractivity contribution in [3.8, 4) is 5.75 Å². The maximum Gasteiger partial charge on any atom is 0.494 e. The number of nitrogens with zero attached hydrogens (tertiary/aromatic N) is 1. The molecular formula is C22H32BNO4. The molecule has 1 aromatic rings. The largest absolute Gasteiger partial charge is 0.494 e. The zero-order valence-electron chi connectivity index (χ0n) is 17.6. The van der Waals surface area contributed by atoms with Crippen LogP contribution in [0.15, 0.2) is 18.2 Å². The van der Waals surface area contributed by atoms with E-state index >= 15 is 0 Å². The molecule has 28 heavy (non-hydrogen) atoms. The fourth-order valence-electron chi connectivity index (χ4n) is 4.60. The van der Waals surface area contributed by atoms with E-state index in [1.54, 1.807) is 0 Å². The highest BCUT2D eigenvalue weighted by Gasteiger charge is 2.52. The summed E-state index contributed by atoms with van der Waals surface area (Å²) in [4.78, 5) is 2.62. The van der Waals surface area contributed by atoms with E-state index in [-0.39, 0.29) is 18.3 Å². The summed E-state index contributed by atoms with van der Waals surface area (Å²) in [5.41, 5.74) is 1.44. The van der Waals surface area contributed by atoms with E-state index in [2.05, 4.69) is 50.8 Å². The van der Waals surface area contributed by atoms with Gasteiger partial charge in [-0.3, -0.25) is 4.90 Å². The van der Waals surface area contributed by atoms with E-state index in [0.29, 0.717) is 6.61 Å². The standard InChI is InChI=1S/C22H32BNO4/c1-20(2)21(3,4)28-23(27-20)17-8-9-19-16(14-17)15-25-22(26-19)10-12-24(13-11-22)18-6-5-7-18/h8-9,14,18H,5-7,10-13,15H2,1-4H3. The number of benzene rings is 1. The van der Waals surface area contributed by atoms with Crippen LogP contribution in [0, 0.1) is 0 Å². The van der Waals surface area contributed by atoms with Crippen LogP contribution in [0.1, 0.15) is 65.4 Å². The summed E-state index contributed by atoms with van der Waals surface area (Å²) >= 11 is 0. The van der Waals surface area contributed by atoms with Crippen LogP contribution in [0.25, 0.3) is 0 Å². The van der Waals surface area contributed by atoms with Gasteiger partial charge in [-0.1, -0.05) is 18.6 Å². The van der Waals surface area contributed by atoms with Gasteiger partial charge in [0.25, 0.3) is 0 Å². The number of ether oxygens (including phenoxy) is 2. The Morgan fingerprint density at radius 1 is 1.00 bits per heavy atom. The molecule has 1 aromatic carbocycles. The van der Waals surface area contributed by atoms with E-state index in [4.69, 9.17) is 18.8 Å². The molecule has 5 rings (SSSR count). The molecule has 3 aliphatic heterocycles. The molecule has 6 heteroatoms. The minimum absolute atomic E-state index is 0.334. The van der Waals surface area contributed by atoms with Gasteiger partial charge < -0.3 is 18.8 Å². The number of hydrogen-bond acceptors (Lipinski definition) is 5. The highest BCUT2D eigenvalue weighted by atomic mass is 16.7. The van der Waals surface area contributed by atoms with Gasteiger partial charge in [0, 0.05) is 37.5 Å². The molecule has 0 aromatic heterocycles. The molecule has 0 unspecified atom stereocenters.